The van der Waals surface area contributed by atoms with E-state index >= 15 is 0 Å². The van der Waals surface area contributed by atoms with Crippen molar-refractivity contribution in [3.63, 3.8) is 0 Å². The van der Waals surface area contributed by atoms with E-state index < -0.39 is 8.07 Å². The molecular weight excluding hydrogens is 1040 g/mol. The highest BCUT2D eigenvalue weighted by Crippen LogP contribution is 2.29. The van der Waals surface area contributed by atoms with E-state index in [1.54, 1.807) is 31.7 Å². The van der Waals surface area contributed by atoms with Gasteiger partial charge in [-0.1, -0.05) is 52.5 Å². The lowest BCUT2D eigenvalue weighted by Gasteiger charge is -2.34. The largest absolute Gasteiger partial charge is 0.439 e. The molecule has 79 heavy (non-hydrogen) atoms. The van der Waals surface area contributed by atoms with Gasteiger partial charge in [0.05, 0.1) is 33.8 Å². The third-order valence-corrected chi connectivity index (χ3v) is 15.5. The Morgan fingerprint density at radius 1 is 0.608 bits per heavy atom. The number of aromatic amines is 1. The molecule has 18 nitrogen and oxygen atoms in total. The van der Waals surface area contributed by atoms with Crippen LogP contribution in [0.3, 0.4) is 0 Å². The Kier molecular flexibility index (Phi) is 20.4. The first-order valence-corrected chi connectivity index (χ1v) is 31.2. The molecule has 2 fully saturated rings. The third-order valence-electron chi connectivity index (χ3n) is 13.5. The number of hydrogen-bond donors (Lipinski definition) is 1. The summed E-state index contributed by atoms with van der Waals surface area (Å²) >= 11 is 4.82. The van der Waals surface area contributed by atoms with Crippen LogP contribution in [-0.4, -0.2) is 144 Å². The van der Waals surface area contributed by atoms with Crippen LogP contribution < -0.4 is 9.47 Å². The number of ether oxygens (including phenoxy) is 3. The first kappa shape index (κ1) is 57.7. The zero-order valence-corrected chi connectivity index (χ0v) is 47.9. The van der Waals surface area contributed by atoms with E-state index in [9.17, 15) is 14.4 Å². The highest BCUT2D eigenvalue weighted by atomic mass is 35.5. The molecule has 8 heterocycles. The molecule has 0 spiro atoms. The molecule has 0 radical (unpaired) electrons. The number of amides is 2. The summed E-state index contributed by atoms with van der Waals surface area (Å²) in [6.07, 6.45) is 8.63. The first-order valence-electron chi connectivity index (χ1n) is 27.1. The van der Waals surface area contributed by atoms with Crippen LogP contribution >= 0.6 is 11.6 Å². The molecule has 10 rings (SSSR count). The van der Waals surface area contributed by atoms with Crippen LogP contribution in [0.15, 0.2) is 122 Å². The van der Waals surface area contributed by atoms with E-state index in [1.807, 2.05) is 101 Å². The number of rotatable bonds is 18. The summed E-state index contributed by atoms with van der Waals surface area (Å²) in [5.41, 5.74) is 7.70. The fraction of sp³-hybridized carbons (Fsp3) is 0.373. The number of fused-ring (bicyclic) bond motifs is 2. The first-order chi connectivity index (χ1) is 38.2. The van der Waals surface area contributed by atoms with Crippen LogP contribution in [0.25, 0.3) is 44.3 Å². The number of benzene rings is 2. The number of carbonyl (C=O) groups is 3. The second kappa shape index (κ2) is 27.9. The molecule has 0 aliphatic carbocycles. The molecule has 1 N–H and O–H groups in total. The average Bonchev–Trinajstić information content (AvgIpc) is 4.19. The van der Waals surface area contributed by atoms with E-state index in [1.165, 1.54) is 0 Å². The highest BCUT2D eigenvalue weighted by Gasteiger charge is 2.22. The van der Waals surface area contributed by atoms with Crippen molar-refractivity contribution in [2.75, 3.05) is 59.0 Å². The van der Waals surface area contributed by atoms with Crippen LogP contribution in [0.1, 0.15) is 51.4 Å². The van der Waals surface area contributed by atoms with Gasteiger partial charge in [0.25, 0.3) is 0 Å². The SMILES string of the molecule is CCC(=O)Cl.CCC(=O)N1CCN(Cc2ccc3cc(Oc4ccc(-c5ccn[nH]5)cn4)ccc3n2)CC1.CCC(=O)N1CCN(Cc2ccc3cc(Oc4ccc(-c5ccnn5COCC[Si](C)(C)C)cn4)ccc3n2)CC1. The Balaban J connectivity index is 0.000000195. The summed E-state index contributed by atoms with van der Waals surface area (Å²) in [6.45, 7) is 22.0. The molecule has 20 heteroatoms. The summed E-state index contributed by atoms with van der Waals surface area (Å²) in [5, 5.41) is 13.1. The molecule has 0 bridgehead atoms. The zero-order chi connectivity index (χ0) is 55.7. The van der Waals surface area contributed by atoms with Crippen LogP contribution in [0, 0.1) is 0 Å². The van der Waals surface area contributed by atoms with E-state index in [-0.39, 0.29) is 17.1 Å². The second-order valence-electron chi connectivity index (χ2n) is 20.6. The molecule has 6 aromatic heterocycles. The highest BCUT2D eigenvalue weighted by molar-refractivity contribution is 6.76. The Morgan fingerprint density at radius 3 is 1.57 bits per heavy atom. The molecule has 0 saturated carbocycles. The number of H-pyrrole nitrogens is 1. The smallest absolute Gasteiger partial charge is 0.222 e. The predicted molar refractivity (Wildman–Crippen MR) is 310 cm³/mol. The zero-order valence-electron chi connectivity index (χ0n) is 46.1. The fourth-order valence-electron chi connectivity index (χ4n) is 8.87. The van der Waals surface area contributed by atoms with Gasteiger partial charge >= 0.3 is 0 Å². The van der Waals surface area contributed by atoms with E-state index in [2.05, 4.69) is 79.0 Å². The topological polar surface area (TPSA) is 190 Å². The molecule has 2 aromatic carbocycles. The van der Waals surface area contributed by atoms with Crippen molar-refractivity contribution < 1.29 is 28.6 Å². The van der Waals surface area contributed by atoms with Crippen LogP contribution in [0.4, 0.5) is 0 Å². The van der Waals surface area contributed by atoms with E-state index in [4.69, 9.17) is 35.8 Å². The minimum absolute atomic E-state index is 0.235. The van der Waals surface area contributed by atoms with Gasteiger partial charge in [0.1, 0.15) is 18.2 Å². The molecule has 2 saturated heterocycles. The molecule has 8 aromatic rings. The monoisotopic (exact) mass is 1110 g/mol. The number of nitrogens with one attached hydrogen (secondary N) is 1. The van der Waals surface area contributed by atoms with E-state index in [0.717, 1.165) is 140 Å². The molecule has 2 aliphatic rings. The summed E-state index contributed by atoms with van der Waals surface area (Å²) in [4.78, 5) is 60.6. The number of aromatic nitrogens is 8. The average molecular weight is 1110 g/mol. The summed E-state index contributed by atoms with van der Waals surface area (Å²) in [6, 6.07) is 32.7. The van der Waals surface area contributed by atoms with E-state index in [0.29, 0.717) is 43.5 Å². The molecule has 414 valence electrons. The lowest BCUT2D eigenvalue weighted by molar-refractivity contribution is -0.133. The van der Waals surface area contributed by atoms with Gasteiger partial charge in [0, 0.05) is 158 Å². The maximum atomic E-state index is 11.9. The van der Waals surface area contributed by atoms with Crippen molar-refractivity contribution in [1.29, 1.82) is 0 Å². The number of pyridine rings is 4. The normalized spacial score (nSPS) is 14.1. The number of carbonyl (C=O) groups excluding carboxylic acids is 3. The Morgan fingerprint density at radius 2 is 1.13 bits per heavy atom. The van der Waals surface area contributed by atoms with Crippen molar-refractivity contribution in [3.8, 4) is 45.8 Å². The number of halogens is 1. The van der Waals surface area contributed by atoms with Gasteiger partial charge in [-0.3, -0.25) is 39.3 Å². The van der Waals surface area contributed by atoms with Crippen molar-refractivity contribution in [1.82, 2.24) is 59.5 Å². The van der Waals surface area contributed by atoms with Crippen molar-refractivity contribution in [2.45, 2.75) is 85.5 Å². The Hall–Kier alpha value is -7.42. The molecular formula is C59H71ClN12O6Si. The molecule has 0 atom stereocenters. The number of nitrogens with zero attached hydrogens (tertiary/aromatic N) is 11. The van der Waals surface area contributed by atoms with Crippen LogP contribution in [0.2, 0.25) is 25.7 Å². The van der Waals surface area contributed by atoms with Crippen LogP contribution in [0.5, 0.6) is 23.3 Å². The molecule has 2 amide bonds. The Bertz CT molecular complexity index is 3250. The lowest BCUT2D eigenvalue weighted by Crippen LogP contribution is -2.48. The predicted octanol–water partition coefficient (Wildman–Crippen LogP) is 10.7. The standard InChI is InChI=1S/C31H40N6O3Si.C25H26N6O2.C3H5ClO/c1-5-31(38)36-16-14-35(15-17-36)22-26-8-6-24-20-27(9-10-28(24)34-26)40-30-11-7-25(21-32-30)29-12-13-33-37(29)23-39-18-19-41(2,3)4;1-2-25(32)31-13-11-30(12-14-31)17-20-5-3-18-15-21(6-7-22(18)28-20)33-24-8-4-19(16-26-24)23-9-10-27-29-23;1-2-3(4)5/h6-13,20-21H,5,14-19,22-23H2,1-4H3;3-10,15-16H,2,11-14,17H2,1H3,(H,27,29);2H2,1H3. The summed E-state index contributed by atoms with van der Waals surface area (Å²) < 4.78 is 19.8. The van der Waals surface area contributed by atoms with Gasteiger partial charge < -0.3 is 24.0 Å². The van der Waals surface area contributed by atoms with Crippen molar-refractivity contribution in [3.05, 3.63) is 133 Å². The van der Waals surface area contributed by atoms with Gasteiger partial charge in [-0.15, -0.1) is 0 Å². The number of hydrogen-bond acceptors (Lipinski definition) is 14. The quantitative estimate of drug-likeness (QED) is 0.0485. The maximum Gasteiger partial charge on any atom is 0.222 e. The lowest BCUT2D eigenvalue weighted by atomic mass is 10.2. The van der Waals surface area contributed by atoms with Gasteiger partial charge in [-0.05, 0) is 90.4 Å². The van der Waals surface area contributed by atoms with Gasteiger partial charge in [0.15, 0.2) is 0 Å². The fourth-order valence-corrected chi connectivity index (χ4v) is 9.63. The maximum absolute atomic E-state index is 11.9. The van der Waals surface area contributed by atoms with Gasteiger partial charge in [-0.2, -0.15) is 10.2 Å². The Labute approximate surface area is 468 Å². The van der Waals surface area contributed by atoms with Crippen molar-refractivity contribution >= 4 is 58.5 Å². The molecule has 0 unspecified atom stereocenters. The van der Waals surface area contributed by atoms with Crippen LogP contribution in [-0.2, 0) is 38.9 Å². The second-order valence-corrected chi connectivity index (χ2v) is 26.6. The number of piperazine rings is 2. The van der Waals surface area contributed by atoms with Gasteiger partial charge in [0.2, 0.25) is 28.8 Å². The molecule has 2 aliphatic heterocycles. The third kappa shape index (κ3) is 17.0. The minimum atomic E-state index is -1.12. The minimum Gasteiger partial charge on any atom is -0.439 e. The summed E-state index contributed by atoms with van der Waals surface area (Å²) in [5.74, 6) is 2.96. The summed E-state index contributed by atoms with van der Waals surface area (Å²) in [7, 11) is -1.12. The van der Waals surface area contributed by atoms with Gasteiger partial charge in [-0.25, -0.2) is 14.6 Å². The van der Waals surface area contributed by atoms with Crippen molar-refractivity contribution in [2.24, 2.45) is 0 Å².